The quantitative estimate of drug-likeness (QED) is 0.861. The van der Waals surface area contributed by atoms with Crippen molar-refractivity contribution in [2.45, 2.75) is 18.9 Å². The van der Waals surface area contributed by atoms with E-state index >= 15 is 0 Å². The van der Waals surface area contributed by atoms with Crippen LogP contribution in [0.15, 0.2) is 41.9 Å². The van der Waals surface area contributed by atoms with Crippen LogP contribution in [0.2, 0.25) is 0 Å². The molecule has 0 aromatic heterocycles. The Morgan fingerprint density at radius 1 is 1.37 bits per heavy atom. The minimum absolute atomic E-state index is 0.0286. The lowest BCUT2D eigenvalue weighted by Gasteiger charge is -2.25. The molecule has 1 N–H and O–H groups in total. The molecular weight excluding hydrogens is 264 g/mol. The van der Waals surface area contributed by atoms with Crippen LogP contribution in [0, 0.1) is 0 Å². The van der Waals surface area contributed by atoms with Gasteiger partial charge in [-0.15, -0.1) is 0 Å². The topological polar surface area (TPSA) is 49.4 Å². The monoisotopic (exact) mass is 278 g/mol. The Kier molecular flexibility index (Phi) is 3.62. The summed E-state index contributed by atoms with van der Waals surface area (Å²) in [5.41, 5.74) is -0.219. The van der Waals surface area contributed by atoms with E-state index in [-0.39, 0.29) is 17.5 Å². The van der Waals surface area contributed by atoms with Crippen LogP contribution in [-0.4, -0.2) is 23.4 Å². The molecule has 1 aliphatic rings. The number of hydrogen-bond acceptors (Lipinski definition) is 2. The Balaban J connectivity index is 2.41. The Hall–Kier alpha value is -1.81. The third-order valence-corrected chi connectivity index (χ3v) is 3.42. The van der Waals surface area contributed by atoms with E-state index in [1.54, 1.807) is 0 Å². The lowest BCUT2D eigenvalue weighted by Crippen LogP contribution is -2.43. The molecule has 1 fully saturated rings. The smallest absolute Gasteiger partial charge is 0.319 e. The summed E-state index contributed by atoms with van der Waals surface area (Å²) in [5, 5.41) is 3.03. The summed E-state index contributed by atoms with van der Waals surface area (Å²) < 4.78 is 0. The van der Waals surface area contributed by atoms with Crippen LogP contribution in [0.1, 0.15) is 18.9 Å². The number of nitrogens with zero attached hydrogens (tertiary/aromatic N) is 1. The van der Waals surface area contributed by atoms with Crippen LogP contribution in [0.3, 0.4) is 0 Å². The van der Waals surface area contributed by atoms with Crippen LogP contribution >= 0.6 is 11.6 Å². The molecule has 100 valence electrons. The fourth-order valence-electron chi connectivity index (χ4n) is 2.30. The van der Waals surface area contributed by atoms with Crippen molar-refractivity contribution in [1.29, 1.82) is 0 Å². The molecule has 1 heterocycles. The van der Waals surface area contributed by atoms with Gasteiger partial charge in [-0.2, -0.15) is 0 Å². The summed E-state index contributed by atoms with van der Waals surface area (Å²) in [5.74, 6) is -0.284. The second-order valence-corrected chi connectivity index (χ2v) is 5.00. The largest absolute Gasteiger partial charge is 0.325 e. The first-order valence-electron chi connectivity index (χ1n) is 6.04. The predicted molar refractivity (Wildman–Crippen MR) is 73.6 cm³/mol. The third-order valence-electron chi connectivity index (χ3n) is 3.30. The van der Waals surface area contributed by atoms with Gasteiger partial charge in [0.05, 0.1) is 6.54 Å². The first-order valence-corrected chi connectivity index (χ1v) is 6.42. The maximum Gasteiger partial charge on any atom is 0.325 e. The Labute approximate surface area is 117 Å². The highest BCUT2D eigenvalue weighted by Gasteiger charge is 2.50. The molecule has 2 rings (SSSR count). The molecule has 0 aliphatic carbocycles. The maximum absolute atomic E-state index is 12.5. The molecule has 0 spiro atoms. The van der Waals surface area contributed by atoms with Gasteiger partial charge in [0, 0.05) is 5.03 Å². The zero-order valence-corrected chi connectivity index (χ0v) is 11.4. The maximum atomic E-state index is 12.5. The van der Waals surface area contributed by atoms with Crippen molar-refractivity contribution in [3.63, 3.8) is 0 Å². The van der Waals surface area contributed by atoms with Gasteiger partial charge in [0.15, 0.2) is 0 Å². The van der Waals surface area contributed by atoms with E-state index in [2.05, 4.69) is 11.9 Å². The number of carbonyl (C=O) groups excluding carboxylic acids is 2. The number of halogens is 1. The minimum atomic E-state index is -0.995. The average molecular weight is 279 g/mol. The summed E-state index contributed by atoms with van der Waals surface area (Å²) in [6.45, 7) is 5.42. The normalized spacial score (nSPS) is 22.5. The van der Waals surface area contributed by atoms with Crippen molar-refractivity contribution in [1.82, 2.24) is 10.2 Å². The lowest BCUT2D eigenvalue weighted by molar-refractivity contribution is -0.131. The molecule has 1 aromatic rings. The van der Waals surface area contributed by atoms with Crippen molar-refractivity contribution >= 4 is 23.5 Å². The second-order valence-electron chi connectivity index (χ2n) is 4.46. The minimum Gasteiger partial charge on any atom is -0.319 e. The Morgan fingerprint density at radius 3 is 2.53 bits per heavy atom. The van der Waals surface area contributed by atoms with Gasteiger partial charge in [-0.25, -0.2) is 4.79 Å². The van der Waals surface area contributed by atoms with Crippen molar-refractivity contribution in [2.75, 3.05) is 6.54 Å². The molecule has 0 bridgehead atoms. The number of hydrogen-bond donors (Lipinski definition) is 1. The Morgan fingerprint density at radius 2 is 2.00 bits per heavy atom. The summed E-state index contributed by atoms with van der Waals surface area (Å²) in [7, 11) is 0. The number of imide groups is 1. The van der Waals surface area contributed by atoms with Crippen molar-refractivity contribution in [3.8, 4) is 0 Å². The first kappa shape index (κ1) is 13.6. The van der Waals surface area contributed by atoms with E-state index in [9.17, 15) is 9.59 Å². The van der Waals surface area contributed by atoms with Crippen molar-refractivity contribution in [2.24, 2.45) is 0 Å². The average Bonchev–Trinajstić information content (AvgIpc) is 2.64. The number of nitrogens with one attached hydrogen (secondary N) is 1. The fraction of sp³-hybridized carbons (Fsp3) is 0.286. The zero-order valence-electron chi connectivity index (χ0n) is 10.6. The van der Waals surface area contributed by atoms with Crippen molar-refractivity contribution < 1.29 is 9.59 Å². The highest BCUT2D eigenvalue weighted by molar-refractivity contribution is 6.30. The molecule has 1 saturated heterocycles. The number of amides is 3. The van der Waals surface area contributed by atoms with E-state index < -0.39 is 11.6 Å². The molecule has 1 aromatic carbocycles. The molecule has 0 saturated carbocycles. The fourth-order valence-corrected chi connectivity index (χ4v) is 2.42. The van der Waals surface area contributed by atoms with Crippen LogP contribution in [-0.2, 0) is 10.3 Å². The van der Waals surface area contributed by atoms with Gasteiger partial charge < -0.3 is 5.32 Å². The van der Waals surface area contributed by atoms with Gasteiger partial charge in [0.25, 0.3) is 5.91 Å². The van der Waals surface area contributed by atoms with E-state index in [1.165, 1.54) is 0 Å². The molecular formula is C14H15ClN2O2. The molecule has 0 radical (unpaired) electrons. The van der Waals surface area contributed by atoms with Gasteiger partial charge in [-0.05, 0) is 12.0 Å². The summed E-state index contributed by atoms with van der Waals surface area (Å²) in [6, 6.07) is 8.79. The predicted octanol–water partition coefficient (Wildman–Crippen LogP) is 2.60. The third kappa shape index (κ3) is 2.24. The van der Waals surface area contributed by atoms with E-state index in [0.717, 1.165) is 10.5 Å². The van der Waals surface area contributed by atoms with Gasteiger partial charge >= 0.3 is 6.03 Å². The molecule has 19 heavy (non-hydrogen) atoms. The molecule has 4 nitrogen and oxygen atoms in total. The molecule has 0 unspecified atom stereocenters. The van der Waals surface area contributed by atoms with E-state index in [1.807, 2.05) is 37.3 Å². The lowest BCUT2D eigenvalue weighted by atomic mass is 9.87. The second kappa shape index (κ2) is 5.05. The zero-order chi connectivity index (χ0) is 14.0. The number of carbonyl (C=O) groups is 2. The first-order chi connectivity index (χ1) is 9.01. The summed E-state index contributed by atoms with van der Waals surface area (Å²) in [6.07, 6.45) is 0.479. The number of rotatable bonds is 4. The highest BCUT2D eigenvalue weighted by atomic mass is 35.5. The van der Waals surface area contributed by atoms with E-state index in [0.29, 0.717) is 6.42 Å². The summed E-state index contributed by atoms with van der Waals surface area (Å²) >= 11 is 5.70. The molecule has 3 amide bonds. The van der Waals surface area contributed by atoms with Crippen molar-refractivity contribution in [3.05, 3.63) is 47.5 Å². The molecule has 1 atom stereocenters. The molecule has 1 aliphatic heterocycles. The number of urea groups is 1. The Bertz CT molecular complexity index is 530. The van der Waals surface area contributed by atoms with Crippen LogP contribution in [0.25, 0.3) is 0 Å². The van der Waals surface area contributed by atoms with Gasteiger partial charge in [-0.1, -0.05) is 55.4 Å². The van der Waals surface area contributed by atoms with E-state index in [4.69, 9.17) is 11.6 Å². The standard InChI is InChI=1S/C14H15ClN2O2/c1-3-14(11-7-5-4-6-8-11)12(18)17(9-10(2)15)13(19)16-14/h4-8H,2-3,9H2,1H3,(H,16,19)/t14-/m0/s1. The van der Waals surface area contributed by atoms with Crippen LogP contribution in [0.4, 0.5) is 4.79 Å². The summed E-state index contributed by atoms with van der Waals surface area (Å²) in [4.78, 5) is 25.6. The van der Waals surface area contributed by atoms with Crippen LogP contribution < -0.4 is 5.32 Å². The van der Waals surface area contributed by atoms with Gasteiger partial charge in [0.1, 0.15) is 5.54 Å². The molecule has 5 heteroatoms. The highest BCUT2D eigenvalue weighted by Crippen LogP contribution is 2.32. The SMILES string of the molecule is C=C(Cl)CN1C(=O)N[C@@](CC)(c2ccccc2)C1=O. The van der Waals surface area contributed by atoms with Crippen LogP contribution in [0.5, 0.6) is 0 Å². The van der Waals surface area contributed by atoms with Gasteiger partial charge in [0.2, 0.25) is 0 Å². The van der Waals surface area contributed by atoms with Gasteiger partial charge in [-0.3, -0.25) is 9.69 Å². The number of benzene rings is 1.